The Kier molecular flexibility index (Phi) is 3.00. The Hall–Kier alpha value is -1.39. The van der Waals surface area contributed by atoms with E-state index in [0.29, 0.717) is 5.57 Å². The molecule has 0 saturated heterocycles. The molecule has 1 aliphatic rings. The SMILES string of the molecule is O=C(O)C=CC1=CC=C[C@H](O)[C@@H]1O. The van der Waals surface area contributed by atoms with E-state index in [0.717, 1.165) is 6.08 Å². The van der Waals surface area contributed by atoms with Crippen LogP contribution in [-0.4, -0.2) is 33.5 Å². The maximum Gasteiger partial charge on any atom is 0.328 e. The van der Waals surface area contributed by atoms with Crippen LogP contribution in [0.2, 0.25) is 0 Å². The summed E-state index contributed by atoms with van der Waals surface area (Å²) >= 11 is 0. The van der Waals surface area contributed by atoms with Crippen LogP contribution in [0, 0.1) is 0 Å². The van der Waals surface area contributed by atoms with Gasteiger partial charge in [-0.15, -0.1) is 0 Å². The van der Waals surface area contributed by atoms with Gasteiger partial charge in [-0.2, -0.15) is 0 Å². The van der Waals surface area contributed by atoms with Gasteiger partial charge in [-0.05, 0) is 11.6 Å². The van der Waals surface area contributed by atoms with Crippen LogP contribution in [0.3, 0.4) is 0 Å². The first kappa shape index (κ1) is 9.70. The van der Waals surface area contributed by atoms with Gasteiger partial charge in [-0.1, -0.05) is 18.2 Å². The first-order chi connectivity index (χ1) is 6.11. The van der Waals surface area contributed by atoms with E-state index in [-0.39, 0.29) is 0 Å². The fourth-order valence-electron chi connectivity index (χ4n) is 1.00. The molecule has 2 atom stereocenters. The van der Waals surface area contributed by atoms with Crippen LogP contribution in [0.1, 0.15) is 0 Å². The standard InChI is InChI=1S/C9H10O4/c10-7-3-1-2-6(9(7)13)4-5-8(11)12/h1-5,7,9-10,13H,(H,11,12)/t7-,9+/m0/s1. The van der Waals surface area contributed by atoms with Crippen molar-refractivity contribution in [1.82, 2.24) is 0 Å². The molecule has 1 rings (SSSR count). The van der Waals surface area contributed by atoms with E-state index in [9.17, 15) is 9.90 Å². The summed E-state index contributed by atoms with van der Waals surface area (Å²) in [6, 6.07) is 0. The molecule has 0 bridgehead atoms. The molecule has 70 valence electrons. The number of carboxylic acid groups (broad SMARTS) is 1. The minimum absolute atomic E-state index is 0.386. The number of aliphatic hydroxyl groups is 2. The number of aliphatic carboxylic acids is 1. The minimum atomic E-state index is -1.09. The molecule has 0 aliphatic heterocycles. The van der Waals surface area contributed by atoms with Crippen molar-refractivity contribution in [1.29, 1.82) is 0 Å². The Morgan fingerprint density at radius 2 is 2.15 bits per heavy atom. The molecule has 4 nitrogen and oxygen atoms in total. The molecule has 13 heavy (non-hydrogen) atoms. The van der Waals surface area contributed by atoms with Gasteiger partial charge in [0.05, 0.1) is 0 Å². The second kappa shape index (κ2) is 4.02. The van der Waals surface area contributed by atoms with Crippen molar-refractivity contribution in [3.8, 4) is 0 Å². The summed E-state index contributed by atoms with van der Waals surface area (Å²) < 4.78 is 0. The highest BCUT2D eigenvalue weighted by atomic mass is 16.4. The lowest BCUT2D eigenvalue weighted by Gasteiger charge is -2.18. The third-order valence-electron chi connectivity index (χ3n) is 1.68. The van der Waals surface area contributed by atoms with Crippen molar-refractivity contribution in [2.24, 2.45) is 0 Å². The number of rotatable bonds is 2. The molecule has 0 aromatic heterocycles. The fraction of sp³-hybridized carbons (Fsp3) is 0.222. The van der Waals surface area contributed by atoms with E-state index < -0.39 is 18.2 Å². The largest absolute Gasteiger partial charge is 0.478 e. The van der Waals surface area contributed by atoms with E-state index in [2.05, 4.69) is 0 Å². The molecule has 0 unspecified atom stereocenters. The van der Waals surface area contributed by atoms with Gasteiger partial charge in [-0.25, -0.2) is 4.79 Å². The molecular weight excluding hydrogens is 172 g/mol. The van der Waals surface area contributed by atoms with Gasteiger partial charge >= 0.3 is 5.97 Å². The summed E-state index contributed by atoms with van der Waals surface area (Å²) in [5.74, 6) is -1.09. The minimum Gasteiger partial charge on any atom is -0.478 e. The zero-order valence-corrected chi connectivity index (χ0v) is 6.79. The van der Waals surface area contributed by atoms with Gasteiger partial charge in [0.2, 0.25) is 0 Å². The van der Waals surface area contributed by atoms with Crippen molar-refractivity contribution in [2.45, 2.75) is 12.2 Å². The van der Waals surface area contributed by atoms with E-state index in [1.165, 1.54) is 12.2 Å². The highest BCUT2D eigenvalue weighted by Gasteiger charge is 2.18. The third-order valence-corrected chi connectivity index (χ3v) is 1.68. The lowest BCUT2D eigenvalue weighted by molar-refractivity contribution is -0.131. The Bertz CT molecular complexity index is 288. The topological polar surface area (TPSA) is 77.8 Å². The lowest BCUT2D eigenvalue weighted by atomic mass is 9.99. The van der Waals surface area contributed by atoms with Crippen LogP contribution < -0.4 is 0 Å². The molecule has 1 aliphatic carbocycles. The van der Waals surface area contributed by atoms with Crippen LogP contribution in [-0.2, 0) is 4.79 Å². The summed E-state index contributed by atoms with van der Waals surface area (Å²) in [6.45, 7) is 0. The lowest BCUT2D eigenvalue weighted by Crippen LogP contribution is -2.27. The maximum atomic E-state index is 10.2. The number of hydrogen-bond acceptors (Lipinski definition) is 3. The smallest absolute Gasteiger partial charge is 0.328 e. The van der Waals surface area contributed by atoms with Gasteiger partial charge in [-0.3, -0.25) is 0 Å². The summed E-state index contributed by atoms with van der Waals surface area (Å²) in [4.78, 5) is 10.2. The molecule has 0 spiro atoms. The van der Waals surface area contributed by atoms with Crippen molar-refractivity contribution >= 4 is 5.97 Å². The normalized spacial score (nSPS) is 27.7. The second-order valence-corrected chi connectivity index (χ2v) is 2.66. The molecule has 3 N–H and O–H groups in total. The summed E-state index contributed by atoms with van der Waals surface area (Å²) in [5, 5.41) is 26.8. The van der Waals surface area contributed by atoms with E-state index in [1.807, 2.05) is 0 Å². The van der Waals surface area contributed by atoms with Crippen LogP contribution in [0.5, 0.6) is 0 Å². The van der Waals surface area contributed by atoms with Crippen molar-refractivity contribution < 1.29 is 20.1 Å². The summed E-state index contributed by atoms with van der Waals surface area (Å²) in [6.07, 6.45) is 4.73. The number of allylic oxidation sites excluding steroid dienone is 2. The average molecular weight is 182 g/mol. The van der Waals surface area contributed by atoms with Crippen molar-refractivity contribution in [2.75, 3.05) is 0 Å². The van der Waals surface area contributed by atoms with Crippen LogP contribution in [0.25, 0.3) is 0 Å². The maximum absolute atomic E-state index is 10.2. The Morgan fingerprint density at radius 1 is 1.46 bits per heavy atom. The van der Waals surface area contributed by atoms with E-state index >= 15 is 0 Å². The summed E-state index contributed by atoms with van der Waals surface area (Å²) in [5.41, 5.74) is 0.386. The molecule has 0 amide bonds. The monoisotopic (exact) mass is 182 g/mol. The average Bonchev–Trinajstić information content (AvgIpc) is 2.07. The van der Waals surface area contributed by atoms with Crippen LogP contribution in [0.15, 0.2) is 36.0 Å². The van der Waals surface area contributed by atoms with Crippen molar-refractivity contribution in [3.63, 3.8) is 0 Å². The van der Waals surface area contributed by atoms with Crippen LogP contribution >= 0.6 is 0 Å². The number of carboxylic acids is 1. The molecule has 0 heterocycles. The van der Waals surface area contributed by atoms with Gasteiger partial charge in [0, 0.05) is 6.08 Å². The number of aliphatic hydroxyl groups excluding tert-OH is 2. The van der Waals surface area contributed by atoms with Gasteiger partial charge < -0.3 is 15.3 Å². The van der Waals surface area contributed by atoms with Gasteiger partial charge in [0.15, 0.2) is 0 Å². The molecule has 0 radical (unpaired) electrons. The molecule has 0 aromatic carbocycles. The van der Waals surface area contributed by atoms with Gasteiger partial charge in [0.1, 0.15) is 12.2 Å². The third kappa shape index (κ3) is 2.54. The molecule has 0 saturated carbocycles. The predicted octanol–water partition coefficient (Wildman–Crippen LogP) is -0.155. The Labute approximate surface area is 75.1 Å². The number of hydrogen-bond donors (Lipinski definition) is 3. The Balaban J connectivity index is 2.74. The first-order valence-corrected chi connectivity index (χ1v) is 3.77. The van der Waals surface area contributed by atoms with Crippen molar-refractivity contribution in [3.05, 3.63) is 36.0 Å². The zero-order chi connectivity index (χ0) is 9.84. The van der Waals surface area contributed by atoms with E-state index in [4.69, 9.17) is 10.2 Å². The molecule has 0 fully saturated rings. The fourth-order valence-corrected chi connectivity index (χ4v) is 1.00. The Morgan fingerprint density at radius 3 is 2.77 bits per heavy atom. The molecular formula is C9H10O4. The second-order valence-electron chi connectivity index (χ2n) is 2.66. The summed E-state index contributed by atoms with van der Waals surface area (Å²) in [7, 11) is 0. The highest BCUT2D eigenvalue weighted by molar-refractivity contribution is 5.80. The number of carbonyl (C=O) groups is 1. The molecule has 0 aromatic rings. The van der Waals surface area contributed by atoms with E-state index in [1.54, 1.807) is 12.2 Å². The zero-order valence-electron chi connectivity index (χ0n) is 6.79. The van der Waals surface area contributed by atoms with Gasteiger partial charge in [0.25, 0.3) is 0 Å². The first-order valence-electron chi connectivity index (χ1n) is 3.77. The quantitative estimate of drug-likeness (QED) is 0.519. The van der Waals surface area contributed by atoms with Crippen LogP contribution in [0.4, 0.5) is 0 Å². The highest BCUT2D eigenvalue weighted by Crippen LogP contribution is 2.14. The molecule has 4 heteroatoms. The predicted molar refractivity (Wildman–Crippen MR) is 46.0 cm³/mol.